The fraction of sp³-hybridized carbons (Fsp3) is 0.125. The number of ether oxygens (including phenoxy) is 1. The minimum absolute atomic E-state index is 0.0269. The SMILES string of the molecule is COc1cc(/C=N/NC(=S)NCc2ccc(F)cc2)cc(Br)c1O. The third-order valence-corrected chi connectivity index (χ3v) is 3.86. The maximum absolute atomic E-state index is 12.8. The number of phenolic OH excluding ortho intramolecular Hbond substituents is 1. The van der Waals surface area contributed by atoms with Gasteiger partial charge in [0.15, 0.2) is 16.6 Å². The van der Waals surface area contributed by atoms with Crippen LogP contribution in [0.1, 0.15) is 11.1 Å². The molecule has 0 aliphatic rings. The van der Waals surface area contributed by atoms with E-state index in [-0.39, 0.29) is 11.6 Å². The largest absolute Gasteiger partial charge is 0.503 e. The number of aromatic hydroxyl groups is 1. The third kappa shape index (κ3) is 5.17. The second-order valence-electron chi connectivity index (χ2n) is 4.73. The molecule has 0 atom stereocenters. The lowest BCUT2D eigenvalue weighted by Gasteiger charge is -2.08. The molecule has 2 rings (SSSR count). The normalized spacial score (nSPS) is 10.6. The van der Waals surface area contributed by atoms with Crippen molar-refractivity contribution in [3.05, 3.63) is 57.8 Å². The van der Waals surface area contributed by atoms with Crippen molar-refractivity contribution in [3.8, 4) is 11.5 Å². The van der Waals surface area contributed by atoms with Crippen LogP contribution in [0.25, 0.3) is 0 Å². The van der Waals surface area contributed by atoms with Gasteiger partial charge in [-0.25, -0.2) is 4.39 Å². The molecule has 2 aromatic rings. The van der Waals surface area contributed by atoms with E-state index in [1.807, 2.05) is 0 Å². The number of nitrogens with zero attached hydrogens (tertiary/aromatic N) is 1. The topological polar surface area (TPSA) is 65.9 Å². The van der Waals surface area contributed by atoms with Gasteiger partial charge in [0.2, 0.25) is 0 Å². The Bertz CT molecular complexity index is 754. The van der Waals surface area contributed by atoms with Gasteiger partial charge in [-0.1, -0.05) is 12.1 Å². The predicted octanol–water partition coefficient (Wildman–Crippen LogP) is 3.30. The van der Waals surface area contributed by atoms with Crippen LogP contribution in [-0.2, 0) is 6.54 Å². The third-order valence-electron chi connectivity index (χ3n) is 3.02. The highest BCUT2D eigenvalue weighted by Crippen LogP contribution is 2.34. The molecule has 3 N–H and O–H groups in total. The zero-order valence-electron chi connectivity index (χ0n) is 12.7. The number of hydrazone groups is 1. The lowest BCUT2D eigenvalue weighted by atomic mass is 10.2. The Morgan fingerprint density at radius 3 is 2.75 bits per heavy atom. The molecule has 0 heterocycles. The molecule has 0 fully saturated rings. The summed E-state index contributed by atoms with van der Waals surface area (Å²) >= 11 is 8.34. The van der Waals surface area contributed by atoms with Gasteiger partial charge in [-0.15, -0.1) is 0 Å². The highest BCUT2D eigenvalue weighted by molar-refractivity contribution is 9.10. The predicted molar refractivity (Wildman–Crippen MR) is 98.9 cm³/mol. The minimum atomic E-state index is -0.278. The Morgan fingerprint density at radius 1 is 1.38 bits per heavy atom. The maximum atomic E-state index is 12.8. The number of hydrogen-bond donors (Lipinski definition) is 3. The summed E-state index contributed by atoms with van der Waals surface area (Å²) in [5, 5.41) is 17.1. The Labute approximate surface area is 152 Å². The number of halogens is 2. The monoisotopic (exact) mass is 411 g/mol. The Hall–Kier alpha value is -2.19. The van der Waals surface area contributed by atoms with Gasteiger partial charge in [-0.05, 0) is 63.5 Å². The number of phenols is 1. The number of methoxy groups -OCH3 is 1. The van der Waals surface area contributed by atoms with Crippen LogP contribution in [0.5, 0.6) is 11.5 Å². The smallest absolute Gasteiger partial charge is 0.187 e. The summed E-state index contributed by atoms with van der Waals surface area (Å²) < 4.78 is 18.4. The first kappa shape index (κ1) is 18.2. The fourth-order valence-corrected chi connectivity index (χ4v) is 2.40. The van der Waals surface area contributed by atoms with E-state index >= 15 is 0 Å². The van der Waals surface area contributed by atoms with E-state index in [9.17, 15) is 9.50 Å². The number of nitrogens with one attached hydrogen (secondary N) is 2. The maximum Gasteiger partial charge on any atom is 0.187 e. The first-order valence-corrected chi connectivity index (χ1v) is 8.07. The van der Waals surface area contributed by atoms with E-state index in [4.69, 9.17) is 17.0 Å². The molecule has 0 aromatic heterocycles. The zero-order valence-corrected chi connectivity index (χ0v) is 15.1. The van der Waals surface area contributed by atoms with Crippen molar-refractivity contribution in [2.75, 3.05) is 7.11 Å². The second-order valence-corrected chi connectivity index (χ2v) is 6.00. The van der Waals surface area contributed by atoms with E-state index in [1.165, 1.54) is 19.2 Å². The van der Waals surface area contributed by atoms with Crippen LogP contribution in [0.2, 0.25) is 0 Å². The summed E-state index contributed by atoms with van der Waals surface area (Å²) in [4.78, 5) is 0. The number of thiocarbonyl (C=S) groups is 1. The van der Waals surface area contributed by atoms with Crippen LogP contribution in [0, 0.1) is 5.82 Å². The Kier molecular flexibility index (Phi) is 6.51. The van der Waals surface area contributed by atoms with Gasteiger partial charge < -0.3 is 15.2 Å². The molecular weight excluding hydrogens is 397 g/mol. The molecule has 0 unspecified atom stereocenters. The molecule has 2 aromatic carbocycles. The summed E-state index contributed by atoms with van der Waals surface area (Å²) in [6.45, 7) is 0.459. The molecule has 0 aliphatic carbocycles. The van der Waals surface area contributed by atoms with Gasteiger partial charge in [0.25, 0.3) is 0 Å². The number of benzene rings is 2. The summed E-state index contributed by atoms with van der Waals surface area (Å²) in [7, 11) is 1.47. The van der Waals surface area contributed by atoms with Crippen LogP contribution in [0.3, 0.4) is 0 Å². The molecule has 0 bridgehead atoms. The van der Waals surface area contributed by atoms with Crippen molar-refractivity contribution < 1.29 is 14.2 Å². The highest BCUT2D eigenvalue weighted by atomic mass is 79.9. The molecule has 0 radical (unpaired) electrons. The molecule has 0 saturated carbocycles. The van der Waals surface area contributed by atoms with Gasteiger partial charge in [0.05, 0.1) is 17.8 Å². The quantitative estimate of drug-likeness (QED) is 0.400. The van der Waals surface area contributed by atoms with Crippen molar-refractivity contribution in [1.82, 2.24) is 10.7 Å². The zero-order chi connectivity index (χ0) is 17.5. The van der Waals surface area contributed by atoms with Crippen molar-refractivity contribution in [2.45, 2.75) is 6.54 Å². The lowest BCUT2D eigenvalue weighted by molar-refractivity contribution is 0.372. The molecule has 8 heteroatoms. The van der Waals surface area contributed by atoms with Crippen LogP contribution in [0.15, 0.2) is 46.0 Å². The van der Waals surface area contributed by atoms with E-state index in [0.29, 0.717) is 27.4 Å². The van der Waals surface area contributed by atoms with Gasteiger partial charge in [-0.2, -0.15) is 5.10 Å². The first-order valence-electron chi connectivity index (χ1n) is 6.87. The molecule has 0 spiro atoms. The molecular formula is C16H15BrFN3O2S. The standard InChI is InChI=1S/C16H15BrFN3O2S/c1-23-14-7-11(6-13(17)15(14)22)9-20-21-16(24)19-8-10-2-4-12(18)5-3-10/h2-7,9,22H,8H2,1H3,(H2,19,21,24)/b20-9+. The fourth-order valence-electron chi connectivity index (χ4n) is 1.81. The average molecular weight is 412 g/mol. The van der Waals surface area contributed by atoms with Crippen molar-refractivity contribution in [1.29, 1.82) is 0 Å². The van der Waals surface area contributed by atoms with E-state index in [0.717, 1.165) is 5.56 Å². The van der Waals surface area contributed by atoms with Gasteiger partial charge in [0.1, 0.15) is 5.82 Å². The van der Waals surface area contributed by atoms with Gasteiger partial charge in [-0.3, -0.25) is 5.43 Å². The van der Waals surface area contributed by atoms with Crippen LogP contribution < -0.4 is 15.5 Å². The summed E-state index contributed by atoms with van der Waals surface area (Å²) in [6.07, 6.45) is 1.54. The number of rotatable bonds is 5. The van der Waals surface area contributed by atoms with E-state index in [1.54, 1.807) is 30.5 Å². The summed E-state index contributed by atoms with van der Waals surface area (Å²) in [5.74, 6) is 0.0847. The molecule has 0 amide bonds. The van der Waals surface area contributed by atoms with Gasteiger partial charge >= 0.3 is 0 Å². The molecule has 24 heavy (non-hydrogen) atoms. The minimum Gasteiger partial charge on any atom is -0.503 e. The van der Waals surface area contributed by atoms with Gasteiger partial charge in [0, 0.05) is 6.54 Å². The summed E-state index contributed by atoms with van der Waals surface area (Å²) in [5.41, 5.74) is 4.29. The molecule has 5 nitrogen and oxygen atoms in total. The average Bonchev–Trinajstić information content (AvgIpc) is 2.57. The highest BCUT2D eigenvalue weighted by Gasteiger charge is 2.07. The van der Waals surface area contributed by atoms with Crippen molar-refractivity contribution >= 4 is 39.5 Å². The molecule has 126 valence electrons. The molecule has 0 aliphatic heterocycles. The second kappa shape index (κ2) is 8.60. The van der Waals surface area contributed by atoms with Crippen LogP contribution in [0.4, 0.5) is 4.39 Å². The Morgan fingerprint density at radius 2 is 2.08 bits per heavy atom. The Balaban J connectivity index is 1.88. The molecule has 0 saturated heterocycles. The first-order chi connectivity index (χ1) is 11.5. The van der Waals surface area contributed by atoms with Crippen LogP contribution >= 0.6 is 28.1 Å². The summed E-state index contributed by atoms with van der Waals surface area (Å²) in [6, 6.07) is 9.46. The number of hydrogen-bond acceptors (Lipinski definition) is 4. The van der Waals surface area contributed by atoms with Crippen LogP contribution in [-0.4, -0.2) is 23.5 Å². The van der Waals surface area contributed by atoms with E-state index < -0.39 is 0 Å². The van der Waals surface area contributed by atoms with Crippen molar-refractivity contribution in [2.24, 2.45) is 5.10 Å². The van der Waals surface area contributed by atoms with E-state index in [2.05, 4.69) is 31.8 Å². The lowest BCUT2D eigenvalue weighted by Crippen LogP contribution is -2.31. The van der Waals surface area contributed by atoms with Crippen molar-refractivity contribution in [3.63, 3.8) is 0 Å².